The number of anilines is 1. The molecule has 5 nitrogen and oxygen atoms in total. The van der Waals surface area contributed by atoms with E-state index in [-0.39, 0.29) is 5.91 Å². The van der Waals surface area contributed by atoms with Crippen molar-refractivity contribution < 1.29 is 14.3 Å². The number of carbonyl (C=O) groups is 2. The first-order valence-corrected chi connectivity index (χ1v) is 8.28. The Kier molecular flexibility index (Phi) is 6.28. The van der Waals surface area contributed by atoms with Gasteiger partial charge in [0.2, 0.25) is 0 Å². The number of para-hydroxylation sites is 1. The summed E-state index contributed by atoms with van der Waals surface area (Å²) >= 11 is 11.9. The topological polar surface area (TPSA) is 58.6 Å². The lowest BCUT2D eigenvalue weighted by molar-refractivity contribution is -0.122. The van der Waals surface area contributed by atoms with Crippen molar-refractivity contribution in [3.8, 4) is 5.75 Å². The van der Waals surface area contributed by atoms with Crippen LogP contribution in [0.3, 0.4) is 0 Å². The average molecular weight is 381 g/mol. The van der Waals surface area contributed by atoms with Gasteiger partial charge in [-0.3, -0.25) is 9.59 Å². The number of rotatable bonds is 5. The predicted octanol–water partition coefficient (Wildman–Crippen LogP) is 4.10. The number of halogens is 2. The first kappa shape index (κ1) is 19.1. The van der Waals surface area contributed by atoms with Gasteiger partial charge in [0.25, 0.3) is 11.8 Å². The van der Waals surface area contributed by atoms with Gasteiger partial charge in [0, 0.05) is 19.1 Å². The standard InChI is InChI=1S/C18H18Cl2N2O3/c1-11(25-16-9-8-12(19)10-14(16)20)17(23)21-15-7-5-4-6-13(15)18(24)22(2)3/h4-11H,1-3H3,(H,21,23)/t11-/m1/s1. The molecule has 0 spiro atoms. The van der Waals surface area contributed by atoms with E-state index in [0.717, 1.165) is 0 Å². The van der Waals surface area contributed by atoms with Crippen molar-refractivity contribution in [1.82, 2.24) is 4.90 Å². The molecule has 0 radical (unpaired) electrons. The lowest BCUT2D eigenvalue weighted by Crippen LogP contribution is -2.31. The van der Waals surface area contributed by atoms with Crippen LogP contribution in [0, 0.1) is 0 Å². The third kappa shape index (κ3) is 4.87. The molecule has 0 aromatic heterocycles. The molecule has 2 aromatic carbocycles. The van der Waals surface area contributed by atoms with E-state index < -0.39 is 12.0 Å². The summed E-state index contributed by atoms with van der Waals surface area (Å²) in [5, 5.41) is 3.51. The molecule has 2 amide bonds. The SMILES string of the molecule is C[C@@H](Oc1ccc(Cl)cc1Cl)C(=O)Nc1ccccc1C(=O)N(C)C. The van der Waals surface area contributed by atoms with Gasteiger partial charge in [-0.15, -0.1) is 0 Å². The molecule has 2 aromatic rings. The van der Waals surface area contributed by atoms with Crippen LogP contribution >= 0.6 is 23.2 Å². The van der Waals surface area contributed by atoms with Crippen LogP contribution in [0.5, 0.6) is 5.75 Å². The van der Waals surface area contributed by atoms with Gasteiger partial charge in [0.1, 0.15) is 5.75 Å². The van der Waals surface area contributed by atoms with Gasteiger partial charge in [0.15, 0.2) is 6.10 Å². The maximum Gasteiger partial charge on any atom is 0.265 e. The zero-order chi connectivity index (χ0) is 18.6. The Balaban J connectivity index is 2.13. The molecule has 0 aliphatic carbocycles. The van der Waals surface area contributed by atoms with E-state index in [1.807, 2.05) is 0 Å². The summed E-state index contributed by atoms with van der Waals surface area (Å²) in [6.07, 6.45) is -0.818. The molecule has 0 heterocycles. The molecule has 0 saturated heterocycles. The van der Waals surface area contributed by atoms with Gasteiger partial charge in [-0.1, -0.05) is 35.3 Å². The lowest BCUT2D eigenvalue weighted by Gasteiger charge is -2.18. The van der Waals surface area contributed by atoms with Crippen LogP contribution in [0.4, 0.5) is 5.69 Å². The van der Waals surface area contributed by atoms with Gasteiger partial charge in [-0.2, -0.15) is 0 Å². The number of carbonyl (C=O) groups excluding carboxylic acids is 2. The van der Waals surface area contributed by atoms with E-state index in [2.05, 4.69) is 5.32 Å². The Morgan fingerprint density at radius 2 is 1.80 bits per heavy atom. The monoisotopic (exact) mass is 380 g/mol. The van der Waals surface area contributed by atoms with Crippen molar-refractivity contribution in [2.45, 2.75) is 13.0 Å². The smallest absolute Gasteiger partial charge is 0.265 e. The number of nitrogens with one attached hydrogen (secondary N) is 1. The Morgan fingerprint density at radius 3 is 2.44 bits per heavy atom. The van der Waals surface area contributed by atoms with E-state index in [1.165, 1.54) is 11.0 Å². The highest BCUT2D eigenvalue weighted by Crippen LogP contribution is 2.28. The molecule has 0 saturated carbocycles. The van der Waals surface area contributed by atoms with Crippen molar-refractivity contribution in [1.29, 1.82) is 0 Å². The van der Waals surface area contributed by atoms with Crippen LogP contribution in [-0.4, -0.2) is 36.9 Å². The summed E-state index contributed by atoms with van der Waals surface area (Å²) in [6, 6.07) is 11.5. The second-order valence-electron chi connectivity index (χ2n) is 5.57. The Bertz CT molecular complexity index is 794. The molecule has 132 valence electrons. The number of amides is 2. The molecular weight excluding hydrogens is 363 g/mol. The highest BCUT2D eigenvalue weighted by atomic mass is 35.5. The second-order valence-corrected chi connectivity index (χ2v) is 6.41. The Labute approximate surface area is 156 Å². The zero-order valence-electron chi connectivity index (χ0n) is 14.0. The largest absolute Gasteiger partial charge is 0.479 e. The van der Waals surface area contributed by atoms with Crippen LogP contribution in [-0.2, 0) is 4.79 Å². The van der Waals surface area contributed by atoms with Crippen LogP contribution in [0.15, 0.2) is 42.5 Å². The third-order valence-electron chi connectivity index (χ3n) is 3.39. The predicted molar refractivity (Wildman–Crippen MR) is 99.6 cm³/mol. The fourth-order valence-electron chi connectivity index (χ4n) is 2.07. The quantitative estimate of drug-likeness (QED) is 0.849. The van der Waals surface area contributed by atoms with Gasteiger partial charge in [-0.05, 0) is 37.3 Å². The summed E-state index contributed by atoms with van der Waals surface area (Å²) in [6.45, 7) is 1.59. The minimum Gasteiger partial charge on any atom is -0.479 e. The highest BCUT2D eigenvalue weighted by Gasteiger charge is 2.20. The lowest BCUT2D eigenvalue weighted by atomic mass is 10.1. The van der Waals surface area contributed by atoms with E-state index in [0.29, 0.717) is 27.0 Å². The van der Waals surface area contributed by atoms with Crippen molar-refractivity contribution in [3.63, 3.8) is 0 Å². The summed E-state index contributed by atoms with van der Waals surface area (Å²) in [7, 11) is 3.30. The molecule has 0 fully saturated rings. The normalized spacial score (nSPS) is 11.6. The van der Waals surface area contributed by atoms with E-state index in [4.69, 9.17) is 27.9 Å². The van der Waals surface area contributed by atoms with Crippen LogP contribution < -0.4 is 10.1 Å². The van der Waals surface area contributed by atoms with E-state index in [1.54, 1.807) is 57.4 Å². The molecule has 0 aliphatic heterocycles. The number of ether oxygens (including phenoxy) is 1. The maximum absolute atomic E-state index is 12.4. The fraction of sp³-hybridized carbons (Fsp3) is 0.222. The molecule has 1 N–H and O–H groups in total. The minimum absolute atomic E-state index is 0.204. The summed E-state index contributed by atoms with van der Waals surface area (Å²) in [5.74, 6) is -0.249. The van der Waals surface area contributed by atoms with Gasteiger partial charge >= 0.3 is 0 Å². The molecule has 2 rings (SSSR count). The summed E-state index contributed by atoms with van der Waals surface area (Å²) < 4.78 is 5.58. The highest BCUT2D eigenvalue weighted by molar-refractivity contribution is 6.35. The van der Waals surface area contributed by atoms with Crippen molar-refractivity contribution in [2.75, 3.05) is 19.4 Å². The van der Waals surface area contributed by atoms with Crippen molar-refractivity contribution in [3.05, 3.63) is 58.1 Å². The molecule has 0 bridgehead atoms. The van der Waals surface area contributed by atoms with E-state index in [9.17, 15) is 9.59 Å². The average Bonchev–Trinajstić information content (AvgIpc) is 2.57. The number of hydrogen-bond acceptors (Lipinski definition) is 3. The maximum atomic E-state index is 12.4. The molecule has 0 unspecified atom stereocenters. The molecule has 25 heavy (non-hydrogen) atoms. The number of hydrogen-bond donors (Lipinski definition) is 1. The van der Waals surface area contributed by atoms with Crippen LogP contribution in [0.2, 0.25) is 10.0 Å². The Hall–Kier alpha value is -2.24. The first-order chi connectivity index (χ1) is 11.8. The number of benzene rings is 2. The molecular formula is C18H18Cl2N2O3. The summed E-state index contributed by atoms with van der Waals surface area (Å²) in [5.41, 5.74) is 0.821. The fourth-order valence-corrected chi connectivity index (χ4v) is 2.52. The number of nitrogens with zero attached hydrogens (tertiary/aromatic N) is 1. The van der Waals surface area contributed by atoms with Gasteiger partial charge in [0.05, 0.1) is 16.3 Å². The first-order valence-electron chi connectivity index (χ1n) is 7.53. The van der Waals surface area contributed by atoms with Crippen molar-refractivity contribution in [2.24, 2.45) is 0 Å². The third-order valence-corrected chi connectivity index (χ3v) is 3.92. The van der Waals surface area contributed by atoms with Gasteiger partial charge < -0.3 is 15.0 Å². The second kappa shape index (κ2) is 8.23. The van der Waals surface area contributed by atoms with Crippen LogP contribution in [0.1, 0.15) is 17.3 Å². The Morgan fingerprint density at radius 1 is 1.12 bits per heavy atom. The van der Waals surface area contributed by atoms with Crippen LogP contribution in [0.25, 0.3) is 0 Å². The van der Waals surface area contributed by atoms with E-state index >= 15 is 0 Å². The van der Waals surface area contributed by atoms with Gasteiger partial charge in [-0.25, -0.2) is 0 Å². The molecule has 1 atom stereocenters. The van der Waals surface area contributed by atoms with Crippen molar-refractivity contribution >= 4 is 40.7 Å². The summed E-state index contributed by atoms with van der Waals surface area (Å²) in [4.78, 5) is 26.1. The zero-order valence-corrected chi connectivity index (χ0v) is 15.6. The molecule has 0 aliphatic rings. The minimum atomic E-state index is -0.818. The molecule has 7 heteroatoms.